The van der Waals surface area contributed by atoms with Gasteiger partial charge in [0.2, 0.25) is 5.91 Å². The standard InChI is InChI=1S/C13H26N2O.ClH/c1-3-4-9-12-15(2)13(16)10-7-5-6-8-11-14;/h3H,1,4-12,14H2,2H3;1H. The molecule has 4 heteroatoms. The van der Waals surface area contributed by atoms with Gasteiger partial charge in [-0.25, -0.2) is 0 Å². The Morgan fingerprint density at radius 1 is 1.24 bits per heavy atom. The van der Waals surface area contributed by atoms with Crippen LogP contribution in [0.2, 0.25) is 0 Å². The molecular formula is C13H27ClN2O. The maximum atomic E-state index is 11.6. The molecule has 0 fully saturated rings. The maximum Gasteiger partial charge on any atom is 0.222 e. The highest BCUT2D eigenvalue weighted by molar-refractivity contribution is 5.85. The number of rotatable bonds is 10. The monoisotopic (exact) mass is 262 g/mol. The van der Waals surface area contributed by atoms with E-state index < -0.39 is 0 Å². The van der Waals surface area contributed by atoms with Crippen LogP contribution in [-0.4, -0.2) is 30.9 Å². The Labute approximate surface area is 112 Å². The van der Waals surface area contributed by atoms with E-state index in [1.807, 2.05) is 18.0 Å². The van der Waals surface area contributed by atoms with E-state index in [0.717, 1.165) is 51.6 Å². The van der Waals surface area contributed by atoms with Crippen molar-refractivity contribution in [2.75, 3.05) is 20.1 Å². The third kappa shape index (κ3) is 11.7. The van der Waals surface area contributed by atoms with Crippen LogP contribution in [0, 0.1) is 0 Å². The molecule has 0 aromatic heterocycles. The third-order valence-electron chi connectivity index (χ3n) is 2.67. The molecule has 0 aromatic rings. The van der Waals surface area contributed by atoms with E-state index in [4.69, 9.17) is 5.73 Å². The lowest BCUT2D eigenvalue weighted by molar-refractivity contribution is -0.130. The molecule has 1 amide bonds. The molecule has 0 saturated carbocycles. The Kier molecular flexibility index (Phi) is 15.0. The van der Waals surface area contributed by atoms with Gasteiger partial charge in [0.05, 0.1) is 0 Å². The summed E-state index contributed by atoms with van der Waals surface area (Å²) in [7, 11) is 1.88. The highest BCUT2D eigenvalue weighted by Crippen LogP contribution is 2.05. The molecule has 2 N–H and O–H groups in total. The fourth-order valence-corrected chi connectivity index (χ4v) is 1.56. The minimum absolute atomic E-state index is 0. The molecular weight excluding hydrogens is 236 g/mol. The minimum atomic E-state index is 0. The third-order valence-corrected chi connectivity index (χ3v) is 2.67. The van der Waals surface area contributed by atoms with Crippen molar-refractivity contribution >= 4 is 18.3 Å². The number of unbranched alkanes of at least 4 members (excludes halogenated alkanes) is 4. The highest BCUT2D eigenvalue weighted by atomic mass is 35.5. The number of carbonyl (C=O) groups is 1. The predicted molar refractivity (Wildman–Crippen MR) is 76.5 cm³/mol. The first-order chi connectivity index (χ1) is 7.72. The lowest BCUT2D eigenvalue weighted by Crippen LogP contribution is -2.27. The van der Waals surface area contributed by atoms with Crippen molar-refractivity contribution in [1.82, 2.24) is 4.90 Å². The molecule has 0 rings (SSSR count). The predicted octanol–water partition coefficient (Wildman–Crippen LogP) is 2.74. The van der Waals surface area contributed by atoms with Crippen LogP contribution in [0.5, 0.6) is 0 Å². The van der Waals surface area contributed by atoms with Gasteiger partial charge in [-0.05, 0) is 32.2 Å². The first-order valence-electron chi connectivity index (χ1n) is 6.27. The highest BCUT2D eigenvalue weighted by Gasteiger charge is 2.06. The number of allylic oxidation sites excluding steroid dienone is 1. The first-order valence-corrected chi connectivity index (χ1v) is 6.27. The second-order valence-corrected chi connectivity index (χ2v) is 4.20. The average molecular weight is 263 g/mol. The van der Waals surface area contributed by atoms with E-state index in [1.54, 1.807) is 0 Å². The zero-order chi connectivity index (χ0) is 12.2. The van der Waals surface area contributed by atoms with Crippen LogP contribution in [0.4, 0.5) is 0 Å². The lowest BCUT2D eigenvalue weighted by atomic mass is 10.1. The Balaban J connectivity index is 0. The number of nitrogens with zero attached hydrogens (tertiary/aromatic N) is 1. The molecule has 0 unspecified atom stereocenters. The largest absolute Gasteiger partial charge is 0.346 e. The summed E-state index contributed by atoms with van der Waals surface area (Å²) in [6.07, 6.45) is 8.88. The summed E-state index contributed by atoms with van der Waals surface area (Å²) >= 11 is 0. The molecule has 0 saturated heterocycles. The average Bonchev–Trinajstić information content (AvgIpc) is 2.28. The molecule has 0 spiro atoms. The molecule has 0 bridgehead atoms. The summed E-state index contributed by atoms with van der Waals surface area (Å²) in [6, 6.07) is 0. The van der Waals surface area contributed by atoms with Gasteiger partial charge < -0.3 is 10.6 Å². The molecule has 0 heterocycles. The summed E-state index contributed by atoms with van der Waals surface area (Å²) in [4.78, 5) is 13.5. The number of hydrogen-bond donors (Lipinski definition) is 1. The van der Waals surface area contributed by atoms with Gasteiger partial charge in [-0.15, -0.1) is 19.0 Å². The minimum Gasteiger partial charge on any atom is -0.346 e. The lowest BCUT2D eigenvalue weighted by Gasteiger charge is -2.16. The molecule has 102 valence electrons. The van der Waals surface area contributed by atoms with Crippen LogP contribution in [0.1, 0.15) is 44.9 Å². The van der Waals surface area contributed by atoms with Crippen LogP contribution >= 0.6 is 12.4 Å². The van der Waals surface area contributed by atoms with Crippen molar-refractivity contribution in [2.45, 2.75) is 44.9 Å². The van der Waals surface area contributed by atoms with Crippen LogP contribution in [-0.2, 0) is 4.79 Å². The summed E-state index contributed by atoms with van der Waals surface area (Å²) in [5, 5.41) is 0. The van der Waals surface area contributed by atoms with Gasteiger partial charge in [0.15, 0.2) is 0 Å². The molecule has 0 atom stereocenters. The normalized spacial score (nSPS) is 9.53. The van der Waals surface area contributed by atoms with Crippen molar-refractivity contribution < 1.29 is 4.79 Å². The second kappa shape index (κ2) is 13.5. The van der Waals surface area contributed by atoms with Gasteiger partial charge in [0.1, 0.15) is 0 Å². The van der Waals surface area contributed by atoms with Gasteiger partial charge >= 0.3 is 0 Å². The van der Waals surface area contributed by atoms with Crippen molar-refractivity contribution in [3.8, 4) is 0 Å². The van der Waals surface area contributed by atoms with Gasteiger partial charge in [-0.1, -0.05) is 18.9 Å². The summed E-state index contributed by atoms with van der Waals surface area (Å²) < 4.78 is 0. The zero-order valence-corrected chi connectivity index (χ0v) is 11.8. The quantitative estimate of drug-likeness (QED) is 0.486. The van der Waals surface area contributed by atoms with E-state index in [0.29, 0.717) is 6.42 Å². The Morgan fingerprint density at radius 2 is 1.88 bits per heavy atom. The number of carbonyl (C=O) groups excluding carboxylic acids is 1. The van der Waals surface area contributed by atoms with Gasteiger partial charge in [-0.3, -0.25) is 4.79 Å². The topological polar surface area (TPSA) is 46.3 Å². The molecule has 0 radical (unpaired) electrons. The van der Waals surface area contributed by atoms with Crippen molar-refractivity contribution in [3.05, 3.63) is 12.7 Å². The van der Waals surface area contributed by atoms with Crippen molar-refractivity contribution in [2.24, 2.45) is 5.73 Å². The molecule has 0 aliphatic heterocycles. The molecule has 0 aliphatic rings. The Hall–Kier alpha value is -0.540. The number of halogens is 1. The number of nitrogens with two attached hydrogens (primary N) is 1. The Bertz CT molecular complexity index is 198. The summed E-state index contributed by atoms with van der Waals surface area (Å²) in [5.41, 5.74) is 5.40. The van der Waals surface area contributed by atoms with Gasteiger partial charge in [0.25, 0.3) is 0 Å². The van der Waals surface area contributed by atoms with Crippen LogP contribution < -0.4 is 5.73 Å². The van der Waals surface area contributed by atoms with Crippen LogP contribution in [0.3, 0.4) is 0 Å². The SMILES string of the molecule is C=CCCCN(C)C(=O)CCCCCCN.Cl. The van der Waals surface area contributed by atoms with Crippen LogP contribution in [0.25, 0.3) is 0 Å². The zero-order valence-electron chi connectivity index (χ0n) is 11.0. The summed E-state index contributed by atoms with van der Waals surface area (Å²) in [5.74, 6) is 0.261. The fourth-order valence-electron chi connectivity index (χ4n) is 1.56. The molecule has 0 aromatic carbocycles. The van der Waals surface area contributed by atoms with E-state index in [-0.39, 0.29) is 18.3 Å². The molecule has 3 nitrogen and oxygen atoms in total. The van der Waals surface area contributed by atoms with E-state index in [9.17, 15) is 4.79 Å². The van der Waals surface area contributed by atoms with E-state index in [2.05, 4.69) is 6.58 Å². The van der Waals surface area contributed by atoms with Gasteiger partial charge in [-0.2, -0.15) is 0 Å². The molecule has 17 heavy (non-hydrogen) atoms. The van der Waals surface area contributed by atoms with Crippen molar-refractivity contribution in [1.29, 1.82) is 0 Å². The van der Waals surface area contributed by atoms with Crippen LogP contribution in [0.15, 0.2) is 12.7 Å². The smallest absolute Gasteiger partial charge is 0.222 e. The Morgan fingerprint density at radius 3 is 2.47 bits per heavy atom. The van der Waals surface area contributed by atoms with Gasteiger partial charge in [0, 0.05) is 20.0 Å². The van der Waals surface area contributed by atoms with E-state index >= 15 is 0 Å². The second-order valence-electron chi connectivity index (χ2n) is 4.20. The van der Waals surface area contributed by atoms with E-state index in [1.165, 1.54) is 0 Å². The fraction of sp³-hybridized carbons (Fsp3) is 0.769. The number of hydrogen-bond acceptors (Lipinski definition) is 2. The maximum absolute atomic E-state index is 11.6. The summed E-state index contributed by atoms with van der Waals surface area (Å²) in [6.45, 7) is 5.27. The first kappa shape index (κ1) is 18.8. The number of amides is 1. The van der Waals surface area contributed by atoms with Crippen molar-refractivity contribution in [3.63, 3.8) is 0 Å². The molecule has 0 aliphatic carbocycles.